The maximum atomic E-state index is 12.6. The fraction of sp³-hybridized carbons (Fsp3) is 0.391. The van der Waals surface area contributed by atoms with Crippen LogP contribution < -0.4 is 10.6 Å². The molecule has 2 amide bonds. The maximum absolute atomic E-state index is 12.6. The van der Waals surface area contributed by atoms with E-state index >= 15 is 0 Å². The molecule has 3 rings (SSSR count). The van der Waals surface area contributed by atoms with E-state index in [2.05, 4.69) is 21.6 Å². The first-order chi connectivity index (χ1) is 13.9. The summed E-state index contributed by atoms with van der Waals surface area (Å²) >= 11 is 1.66. The Balaban J connectivity index is 1.46. The van der Waals surface area contributed by atoms with Gasteiger partial charge in [-0.3, -0.25) is 14.5 Å². The third-order valence-electron chi connectivity index (χ3n) is 5.32. The minimum absolute atomic E-state index is 0.00580. The number of aryl methyl sites for hydroxylation is 2. The van der Waals surface area contributed by atoms with Gasteiger partial charge in [-0.15, -0.1) is 11.8 Å². The molecule has 6 heteroatoms. The fourth-order valence-electron chi connectivity index (χ4n) is 3.65. The van der Waals surface area contributed by atoms with Crippen molar-refractivity contribution in [1.82, 2.24) is 4.90 Å². The van der Waals surface area contributed by atoms with Gasteiger partial charge in [0, 0.05) is 22.2 Å². The summed E-state index contributed by atoms with van der Waals surface area (Å²) in [5.41, 5.74) is 3.96. The minimum atomic E-state index is -0.00779. The van der Waals surface area contributed by atoms with Crippen molar-refractivity contribution in [3.8, 4) is 0 Å². The number of rotatable bonds is 6. The van der Waals surface area contributed by atoms with Crippen molar-refractivity contribution in [2.24, 2.45) is 5.92 Å². The first-order valence-corrected chi connectivity index (χ1v) is 11.2. The van der Waals surface area contributed by atoms with E-state index in [1.54, 1.807) is 11.8 Å². The molecule has 0 bridgehead atoms. The van der Waals surface area contributed by atoms with Crippen molar-refractivity contribution in [2.45, 2.75) is 31.6 Å². The smallest absolute Gasteiger partial charge is 0.238 e. The number of nitrogens with zero attached hydrogens (tertiary/aromatic N) is 1. The molecule has 0 radical (unpaired) electrons. The Labute approximate surface area is 177 Å². The monoisotopic (exact) mass is 411 g/mol. The summed E-state index contributed by atoms with van der Waals surface area (Å²) in [5, 5.41) is 6.04. The number of amides is 2. The van der Waals surface area contributed by atoms with Crippen LogP contribution in [-0.4, -0.2) is 42.6 Å². The molecule has 154 valence electrons. The van der Waals surface area contributed by atoms with Gasteiger partial charge < -0.3 is 10.6 Å². The number of hydrogen-bond acceptors (Lipinski definition) is 4. The summed E-state index contributed by atoms with van der Waals surface area (Å²) in [7, 11) is 0. The molecule has 2 N–H and O–H groups in total. The second-order valence-corrected chi connectivity index (χ2v) is 8.52. The van der Waals surface area contributed by atoms with Crippen LogP contribution in [0.1, 0.15) is 24.0 Å². The van der Waals surface area contributed by atoms with Crippen LogP contribution in [0.3, 0.4) is 0 Å². The largest absolute Gasteiger partial charge is 0.326 e. The number of anilines is 2. The number of carbonyl (C=O) groups excluding carboxylic acids is 2. The van der Waals surface area contributed by atoms with Gasteiger partial charge in [-0.2, -0.15) is 0 Å². The molecule has 5 nitrogen and oxygen atoms in total. The van der Waals surface area contributed by atoms with Crippen molar-refractivity contribution >= 4 is 35.0 Å². The summed E-state index contributed by atoms with van der Waals surface area (Å²) in [5.74, 6) is 0.0583. The minimum Gasteiger partial charge on any atom is -0.326 e. The molecular formula is C23H29N3O2S. The van der Waals surface area contributed by atoms with Crippen LogP contribution in [0.5, 0.6) is 0 Å². The zero-order valence-electron chi connectivity index (χ0n) is 17.3. The van der Waals surface area contributed by atoms with Crippen LogP contribution in [0.15, 0.2) is 47.4 Å². The van der Waals surface area contributed by atoms with Crippen molar-refractivity contribution < 1.29 is 9.59 Å². The number of benzene rings is 2. The Morgan fingerprint density at radius 2 is 1.83 bits per heavy atom. The van der Waals surface area contributed by atoms with Gasteiger partial charge in [0.15, 0.2) is 0 Å². The van der Waals surface area contributed by atoms with Crippen LogP contribution in [0.4, 0.5) is 11.4 Å². The second kappa shape index (κ2) is 9.94. The van der Waals surface area contributed by atoms with E-state index in [4.69, 9.17) is 0 Å². The molecule has 29 heavy (non-hydrogen) atoms. The highest BCUT2D eigenvalue weighted by Crippen LogP contribution is 2.23. The Hall–Kier alpha value is -2.31. The molecule has 0 saturated carbocycles. The molecule has 1 aliphatic heterocycles. The summed E-state index contributed by atoms with van der Waals surface area (Å²) in [6.45, 7) is 5.91. The van der Waals surface area contributed by atoms with E-state index in [0.717, 1.165) is 47.8 Å². The number of nitrogens with one attached hydrogen (secondary N) is 2. The molecule has 1 heterocycles. The lowest BCUT2D eigenvalue weighted by Gasteiger charge is -2.30. The molecule has 0 atom stereocenters. The Kier molecular flexibility index (Phi) is 7.34. The van der Waals surface area contributed by atoms with Gasteiger partial charge in [0.1, 0.15) is 0 Å². The predicted molar refractivity (Wildman–Crippen MR) is 121 cm³/mol. The molecular weight excluding hydrogens is 382 g/mol. The molecule has 0 unspecified atom stereocenters. The molecule has 1 aliphatic rings. The average Bonchev–Trinajstić information content (AvgIpc) is 2.71. The summed E-state index contributed by atoms with van der Waals surface area (Å²) in [4.78, 5) is 28.2. The third-order valence-corrected chi connectivity index (χ3v) is 6.04. The first-order valence-electron chi connectivity index (χ1n) is 9.99. The molecule has 1 fully saturated rings. The standard InChI is InChI=1S/C23H29N3O2S/c1-16-7-8-21(17(2)13-16)25-22(27)15-26-11-9-18(10-12-26)23(28)24-19-5-4-6-20(14-19)29-3/h4-8,13-14,18H,9-12,15H2,1-3H3,(H,24,28)(H,25,27). The van der Waals surface area contributed by atoms with E-state index in [1.807, 2.05) is 56.5 Å². The number of thioether (sulfide) groups is 1. The maximum Gasteiger partial charge on any atom is 0.238 e. The summed E-state index contributed by atoms with van der Waals surface area (Å²) in [6, 6.07) is 13.9. The van der Waals surface area contributed by atoms with E-state index < -0.39 is 0 Å². The van der Waals surface area contributed by atoms with Gasteiger partial charge >= 0.3 is 0 Å². The van der Waals surface area contributed by atoms with E-state index in [-0.39, 0.29) is 17.7 Å². The molecule has 0 spiro atoms. The highest BCUT2D eigenvalue weighted by molar-refractivity contribution is 7.98. The number of hydrogen-bond donors (Lipinski definition) is 2. The molecule has 0 aliphatic carbocycles. The third kappa shape index (κ3) is 6.08. The number of carbonyl (C=O) groups is 2. The zero-order chi connectivity index (χ0) is 20.8. The van der Waals surface area contributed by atoms with Gasteiger partial charge in [-0.05, 0) is 75.9 Å². The molecule has 2 aromatic carbocycles. The number of likely N-dealkylation sites (tertiary alicyclic amines) is 1. The Morgan fingerprint density at radius 1 is 1.07 bits per heavy atom. The Morgan fingerprint density at radius 3 is 2.52 bits per heavy atom. The van der Waals surface area contributed by atoms with Crippen molar-refractivity contribution in [2.75, 3.05) is 36.5 Å². The van der Waals surface area contributed by atoms with Crippen LogP contribution in [0.25, 0.3) is 0 Å². The summed E-state index contributed by atoms with van der Waals surface area (Å²) in [6.07, 6.45) is 3.56. The second-order valence-electron chi connectivity index (χ2n) is 7.64. The Bertz CT molecular complexity index is 876. The van der Waals surface area contributed by atoms with Gasteiger partial charge in [-0.1, -0.05) is 23.8 Å². The lowest BCUT2D eigenvalue weighted by Crippen LogP contribution is -2.41. The quantitative estimate of drug-likeness (QED) is 0.695. The van der Waals surface area contributed by atoms with Crippen LogP contribution in [0.2, 0.25) is 0 Å². The predicted octanol–water partition coefficient (Wildman–Crippen LogP) is 4.31. The lowest BCUT2D eigenvalue weighted by molar-refractivity contribution is -0.121. The SMILES string of the molecule is CSc1cccc(NC(=O)C2CCN(CC(=O)Nc3ccc(C)cc3C)CC2)c1. The van der Waals surface area contributed by atoms with E-state index in [9.17, 15) is 9.59 Å². The van der Waals surface area contributed by atoms with E-state index in [0.29, 0.717) is 6.54 Å². The van der Waals surface area contributed by atoms with Gasteiger partial charge in [0.2, 0.25) is 11.8 Å². The van der Waals surface area contributed by atoms with Gasteiger partial charge in [-0.25, -0.2) is 0 Å². The van der Waals surface area contributed by atoms with E-state index in [1.165, 1.54) is 5.56 Å². The van der Waals surface area contributed by atoms with Crippen molar-refractivity contribution in [3.63, 3.8) is 0 Å². The molecule has 0 aromatic heterocycles. The highest BCUT2D eigenvalue weighted by Gasteiger charge is 2.26. The van der Waals surface area contributed by atoms with Crippen molar-refractivity contribution in [1.29, 1.82) is 0 Å². The average molecular weight is 412 g/mol. The van der Waals surface area contributed by atoms with Gasteiger partial charge in [0.25, 0.3) is 0 Å². The normalized spacial score (nSPS) is 15.1. The van der Waals surface area contributed by atoms with Crippen LogP contribution in [-0.2, 0) is 9.59 Å². The lowest BCUT2D eigenvalue weighted by atomic mass is 9.96. The van der Waals surface area contributed by atoms with Crippen molar-refractivity contribution in [3.05, 3.63) is 53.6 Å². The zero-order valence-corrected chi connectivity index (χ0v) is 18.1. The number of piperidine rings is 1. The topological polar surface area (TPSA) is 61.4 Å². The van der Waals surface area contributed by atoms with Crippen LogP contribution >= 0.6 is 11.8 Å². The summed E-state index contributed by atoms with van der Waals surface area (Å²) < 4.78 is 0. The fourth-order valence-corrected chi connectivity index (χ4v) is 4.10. The van der Waals surface area contributed by atoms with Crippen LogP contribution in [0, 0.1) is 19.8 Å². The molecule has 2 aromatic rings. The highest BCUT2D eigenvalue weighted by atomic mass is 32.2. The van der Waals surface area contributed by atoms with Gasteiger partial charge in [0.05, 0.1) is 6.54 Å². The first kappa shape index (κ1) is 21.4. The molecule has 1 saturated heterocycles.